The highest BCUT2D eigenvalue weighted by Gasteiger charge is 2.25. The highest BCUT2D eigenvalue weighted by atomic mass is 16.5. The average Bonchev–Trinajstić information content (AvgIpc) is 2.46. The molecule has 0 aliphatic carbocycles. The Hall–Kier alpha value is -1.42. The zero-order valence-electron chi connectivity index (χ0n) is 10.8. The van der Waals surface area contributed by atoms with E-state index in [1.807, 2.05) is 18.3 Å². The summed E-state index contributed by atoms with van der Waals surface area (Å²) >= 11 is 0. The summed E-state index contributed by atoms with van der Waals surface area (Å²) in [6.45, 7) is 2.98. The van der Waals surface area contributed by atoms with Crippen LogP contribution in [0.4, 0.5) is 0 Å². The molecule has 1 aliphatic rings. The normalized spacial score (nSPS) is 17.6. The maximum absolute atomic E-state index is 11.4. The number of esters is 1. The first-order chi connectivity index (χ1) is 8.79. The Labute approximate surface area is 108 Å². The molecule has 0 saturated carbocycles. The van der Waals surface area contributed by atoms with Gasteiger partial charge >= 0.3 is 5.97 Å². The number of carbonyl (C=O) groups is 1. The van der Waals surface area contributed by atoms with Crippen LogP contribution in [0.25, 0.3) is 0 Å². The second-order valence-corrected chi connectivity index (χ2v) is 4.71. The Morgan fingerprint density at radius 2 is 2.22 bits per heavy atom. The zero-order valence-corrected chi connectivity index (χ0v) is 10.8. The van der Waals surface area contributed by atoms with Crippen molar-refractivity contribution in [1.29, 1.82) is 0 Å². The molecule has 0 unspecified atom stereocenters. The van der Waals surface area contributed by atoms with E-state index in [0.29, 0.717) is 0 Å². The van der Waals surface area contributed by atoms with Crippen LogP contribution in [0.3, 0.4) is 0 Å². The molecule has 0 amide bonds. The molecule has 2 heterocycles. The summed E-state index contributed by atoms with van der Waals surface area (Å²) in [5, 5.41) is 0. The predicted octanol–water partition coefficient (Wildman–Crippen LogP) is 1.51. The van der Waals surface area contributed by atoms with Gasteiger partial charge < -0.3 is 9.64 Å². The Bertz CT molecular complexity index is 373. The van der Waals surface area contributed by atoms with E-state index >= 15 is 0 Å². The minimum absolute atomic E-state index is 0.0561. The van der Waals surface area contributed by atoms with Crippen molar-refractivity contribution in [3.8, 4) is 0 Å². The Balaban J connectivity index is 1.72. The number of carbonyl (C=O) groups excluding carboxylic acids is 1. The Morgan fingerprint density at radius 1 is 1.44 bits per heavy atom. The number of pyridine rings is 1. The molecule has 18 heavy (non-hydrogen) atoms. The summed E-state index contributed by atoms with van der Waals surface area (Å²) in [4.78, 5) is 18.1. The molecule has 0 bridgehead atoms. The van der Waals surface area contributed by atoms with Crippen LogP contribution in [0, 0.1) is 5.92 Å². The van der Waals surface area contributed by atoms with Gasteiger partial charge in [0.15, 0.2) is 0 Å². The van der Waals surface area contributed by atoms with E-state index in [-0.39, 0.29) is 11.9 Å². The molecule has 0 N–H and O–H groups in total. The number of hydrogen-bond donors (Lipinski definition) is 0. The number of hydrogen-bond acceptors (Lipinski definition) is 4. The summed E-state index contributed by atoms with van der Waals surface area (Å²) in [5.74, 6) is 0.0421. The molecule has 1 aromatic heterocycles. The van der Waals surface area contributed by atoms with Crippen molar-refractivity contribution in [1.82, 2.24) is 9.88 Å². The van der Waals surface area contributed by atoms with Crippen molar-refractivity contribution >= 4 is 5.97 Å². The minimum Gasteiger partial charge on any atom is -0.469 e. The van der Waals surface area contributed by atoms with Crippen molar-refractivity contribution in [2.45, 2.75) is 19.3 Å². The van der Waals surface area contributed by atoms with Crippen molar-refractivity contribution in [2.24, 2.45) is 5.92 Å². The van der Waals surface area contributed by atoms with Gasteiger partial charge in [0.2, 0.25) is 0 Å². The van der Waals surface area contributed by atoms with Gasteiger partial charge in [-0.05, 0) is 38.1 Å². The summed E-state index contributed by atoms with van der Waals surface area (Å²) < 4.78 is 4.79. The fraction of sp³-hybridized carbons (Fsp3) is 0.571. The lowest BCUT2D eigenvalue weighted by molar-refractivity contribution is -0.147. The first-order valence-electron chi connectivity index (χ1n) is 6.49. The number of aromatic nitrogens is 1. The monoisotopic (exact) mass is 248 g/mol. The van der Waals surface area contributed by atoms with E-state index in [2.05, 4.69) is 16.0 Å². The lowest BCUT2D eigenvalue weighted by atomic mass is 9.97. The van der Waals surface area contributed by atoms with Gasteiger partial charge in [-0.25, -0.2) is 0 Å². The van der Waals surface area contributed by atoms with Crippen molar-refractivity contribution in [2.75, 3.05) is 26.7 Å². The summed E-state index contributed by atoms with van der Waals surface area (Å²) in [6.07, 6.45) is 4.63. The number of nitrogens with zero attached hydrogens (tertiary/aromatic N) is 2. The maximum Gasteiger partial charge on any atom is 0.308 e. The lowest BCUT2D eigenvalue weighted by Crippen LogP contribution is -2.37. The van der Waals surface area contributed by atoms with Crippen LogP contribution < -0.4 is 0 Å². The number of methoxy groups -OCH3 is 1. The molecule has 4 nitrogen and oxygen atoms in total. The number of rotatable bonds is 4. The Kier molecular flexibility index (Phi) is 4.70. The highest BCUT2D eigenvalue weighted by Crippen LogP contribution is 2.18. The van der Waals surface area contributed by atoms with Crippen molar-refractivity contribution in [3.63, 3.8) is 0 Å². The fourth-order valence-electron chi connectivity index (χ4n) is 2.38. The standard InChI is InChI=1S/C14H20N2O2/c1-18-14(17)12-5-9-16(10-6-12)11-7-13-4-2-3-8-15-13/h2-4,8,12H,5-7,9-11H2,1H3. The maximum atomic E-state index is 11.4. The lowest BCUT2D eigenvalue weighted by Gasteiger charge is -2.30. The molecule has 4 heteroatoms. The number of ether oxygens (including phenoxy) is 1. The number of likely N-dealkylation sites (tertiary alicyclic amines) is 1. The van der Waals surface area contributed by atoms with Crippen LogP contribution in [0.2, 0.25) is 0 Å². The molecule has 0 spiro atoms. The van der Waals surface area contributed by atoms with E-state index in [1.165, 1.54) is 7.11 Å². The Morgan fingerprint density at radius 3 is 2.83 bits per heavy atom. The second-order valence-electron chi connectivity index (χ2n) is 4.71. The zero-order chi connectivity index (χ0) is 12.8. The van der Waals surface area contributed by atoms with Crippen LogP contribution in [-0.2, 0) is 16.0 Å². The van der Waals surface area contributed by atoms with Gasteiger partial charge in [-0.2, -0.15) is 0 Å². The summed E-state index contributed by atoms with van der Waals surface area (Å²) in [7, 11) is 1.47. The fourth-order valence-corrected chi connectivity index (χ4v) is 2.38. The second kappa shape index (κ2) is 6.50. The molecule has 98 valence electrons. The highest BCUT2D eigenvalue weighted by molar-refractivity contribution is 5.72. The summed E-state index contributed by atoms with van der Waals surface area (Å²) in [5.41, 5.74) is 1.13. The van der Waals surface area contributed by atoms with Crippen LogP contribution in [0.5, 0.6) is 0 Å². The SMILES string of the molecule is COC(=O)C1CCN(CCc2ccccn2)CC1. The van der Waals surface area contributed by atoms with E-state index in [9.17, 15) is 4.79 Å². The molecule has 1 saturated heterocycles. The van der Waals surface area contributed by atoms with Crippen LogP contribution >= 0.6 is 0 Å². The molecule has 1 aromatic rings. The summed E-state index contributed by atoms with van der Waals surface area (Å²) in [6, 6.07) is 6.01. The average molecular weight is 248 g/mol. The van der Waals surface area contributed by atoms with Gasteiger partial charge in [0.05, 0.1) is 13.0 Å². The smallest absolute Gasteiger partial charge is 0.308 e. The topological polar surface area (TPSA) is 42.4 Å². The minimum atomic E-state index is -0.0561. The third kappa shape index (κ3) is 3.53. The van der Waals surface area contributed by atoms with Crippen molar-refractivity contribution in [3.05, 3.63) is 30.1 Å². The van der Waals surface area contributed by atoms with Gasteiger partial charge in [-0.15, -0.1) is 0 Å². The third-order valence-electron chi connectivity index (χ3n) is 3.53. The molecular weight excluding hydrogens is 228 g/mol. The van der Waals surface area contributed by atoms with Gasteiger partial charge in [-0.1, -0.05) is 6.07 Å². The first kappa shape index (κ1) is 13.0. The van der Waals surface area contributed by atoms with E-state index in [4.69, 9.17) is 4.74 Å². The largest absolute Gasteiger partial charge is 0.469 e. The van der Waals surface area contributed by atoms with Gasteiger partial charge in [0.1, 0.15) is 0 Å². The van der Waals surface area contributed by atoms with E-state index < -0.39 is 0 Å². The molecule has 1 aliphatic heterocycles. The first-order valence-corrected chi connectivity index (χ1v) is 6.49. The molecule has 0 aromatic carbocycles. The van der Waals surface area contributed by atoms with Gasteiger partial charge in [0.25, 0.3) is 0 Å². The third-order valence-corrected chi connectivity index (χ3v) is 3.53. The van der Waals surface area contributed by atoms with E-state index in [1.54, 1.807) is 0 Å². The van der Waals surface area contributed by atoms with Gasteiger partial charge in [-0.3, -0.25) is 9.78 Å². The van der Waals surface area contributed by atoms with Crippen LogP contribution in [0.1, 0.15) is 18.5 Å². The van der Waals surface area contributed by atoms with Crippen LogP contribution in [0.15, 0.2) is 24.4 Å². The quantitative estimate of drug-likeness (QED) is 0.757. The molecule has 0 atom stereocenters. The van der Waals surface area contributed by atoms with Gasteiger partial charge in [0, 0.05) is 24.9 Å². The number of piperidine rings is 1. The molecular formula is C14H20N2O2. The molecule has 1 fully saturated rings. The van der Waals surface area contributed by atoms with Crippen molar-refractivity contribution < 1.29 is 9.53 Å². The predicted molar refractivity (Wildman–Crippen MR) is 69.1 cm³/mol. The van der Waals surface area contributed by atoms with E-state index in [0.717, 1.165) is 44.6 Å². The molecule has 2 rings (SSSR count). The molecule has 0 radical (unpaired) electrons. The van der Waals surface area contributed by atoms with Crippen LogP contribution in [-0.4, -0.2) is 42.6 Å².